The first-order chi connectivity index (χ1) is 15.1. The van der Waals surface area contributed by atoms with Crippen LogP contribution in [-0.2, 0) is 11.3 Å². The molecule has 0 spiro atoms. The van der Waals surface area contributed by atoms with E-state index in [-0.39, 0.29) is 12.8 Å². The number of anilines is 2. The highest BCUT2D eigenvalue weighted by Gasteiger charge is 2.21. The first kappa shape index (κ1) is 20.8. The summed E-state index contributed by atoms with van der Waals surface area (Å²) in [5.74, 6) is 0.971. The minimum atomic E-state index is -0.434. The quantitative estimate of drug-likeness (QED) is 0.708. The van der Waals surface area contributed by atoms with Crippen molar-refractivity contribution >= 4 is 23.4 Å². The zero-order chi connectivity index (χ0) is 21.8. The van der Waals surface area contributed by atoms with Gasteiger partial charge >= 0.3 is 12.0 Å². The van der Waals surface area contributed by atoms with Crippen LogP contribution < -0.4 is 19.7 Å². The van der Waals surface area contributed by atoms with E-state index in [2.05, 4.69) is 10.2 Å². The number of amides is 2. The number of methoxy groups -OCH3 is 1. The molecule has 2 aliphatic rings. The number of benzene rings is 2. The third-order valence-corrected chi connectivity index (χ3v) is 5.59. The maximum Gasteiger partial charge on any atom is 0.337 e. The molecule has 0 bridgehead atoms. The van der Waals surface area contributed by atoms with Crippen LogP contribution in [-0.4, -0.2) is 50.4 Å². The number of nitrogens with zero attached hydrogens (tertiary/aromatic N) is 2. The van der Waals surface area contributed by atoms with Crippen LogP contribution in [0.2, 0.25) is 0 Å². The predicted molar refractivity (Wildman–Crippen MR) is 117 cm³/mol. The van der Waals surface area contributed by atoms with Gasteiger partial charge in [0, 0.05) is 26.2 Å². The molecule has 8 heteroatoms. The van der Waals surface area contributed by atoms with Crippen LogP contribution in [0.15, 0.2) is 36.4 Å². The number of carbonyl (C=O) groups is 2. The third-order valence-electron chi connectivity index (χ3n) is 5.59. The molecule has 0 radical (unpaired) electrons. The molecule has 2 amide bonds. The first-order valence-corrected chi connectivity index (χ1v) is 10.5. The number of hydrogen-bond acceptors (Lipinski definition) is 6. The number of ether oxygens (including phenoxy) is 3. The zero-order valence-electron chi connectivity index (χ0n) is 17.8. The Labute approximate surface area is 181 Å². The Bertz CT molecular complexity index is 972. The number of urea groups is 1. The second-order valence-electron chi connectivity index (χ2n) is 7.55. The van der Waals surface area contributed by atoms with E-state index in [0.717, 1.165) is 37.2 Å². The number of hydrogen-bond donors (Lipinski definition) is 1. The van der Waals surface area contributed by atoms with Crippen LogP contribution in [0.4, 0.5) is 16.2 Å². The van der Waals surface area contributed by atoms with Gasteiger partial charge in [-0.1, -0.05) is 6.07 Å². The molecule has 0 aromatic heterocycles. The summed E-state index contributed by atoms with van der Waals surface area (Å²) in [7, 11) is 1.35. The Morgan fingerprint density at radius 2 is 1.87 bits per heavy atom. The van der Waals surface area contributed by atoms with Gasteiger partial charge < -0.3 is 29.3 Å². The first-order valence-electron chi connectivity index (χ1n) is 10.5. The molecular formula is C23H27N3O5. The van der Waals surface area contributed by atoms with Crippen molar-refractivity contribution in [2.24, 2.45) is 0 Å². The summed E-state index contributed by atoms with van der Waals surface area (Å²) in [6, 6.07) is 10.7. The van der Waals surface area contributed by atoms with Crippen molar-refractivity contribution in [3.63, 3.8) is 0 Å². The normalized spacial score (nSPS) is 14.5. The largest absolute Gasteiger partial charge is 0.465 e. The molecule has 1 N–H and O–H groups in total. The van der Waals surface area contributed by atoms with Crippen molar-refractivity contribution in [1.82, 2.24) is 4.90 Å². The van der Waals surface area contributed by atoms with E-state index in [0.29, 0.717) is 35.8 Å². The van der Waals surface area contributed by atoms with Crippen LogP contribution in [0, 0.1) is 0 Å². The molecule has 0 unspecified atom stereocenters. The molecule has 2 aromatic carbocycles. The molecular weight excluding hydrogens is 398 g/mol. The van der Waals surface area contributed by atoms with Crippen molar-refractivity contribution in [1.29, 1.82) is 0 Å². The fourth-order valence-electron chi connectivity index (χ4n) is 3.90. The summed E-state index contributed by atoms with van der Waals surface area (Å²) in [4.78, 5) is 29.1. The van der Waals surface area contributed by atoms with Gasteiger partial charge in [0.25, 0.3) is 0 Å². The van der Waals surface area contributed by atoms with Crippen molar-refractivity contribution in [3.05, 3.63) is 47.5 Å². The maximum absolute atomic E-state index is 13.1. The number of carbonyl (C=O) groups excluding carboxylic acids is 2. The summed E-state index contributed by atoms with van der Waals surface area (Å²) in [6.07, 6.45) is 2.22. The predicted octanol–water partition coefficient (Wildman–Crippen LogP) is 3.86. The lowest BCUT2D eigenvalue weighted by atomic mass is 10.1. The summed E-state index contributed by atoms with van der Waals surface area (Å²) in [5.41, 5.74) is 2.88. The average Bonchev–Trinajstić information content (AvgIpc) is 3.48. The monoisotopic (exact) mass is 425 g/mol. The third kappa shape index (κ3) is 4.52. The molecule has 2 aromatic rings. The van der Waals surface area contributed by atoms with Crippen molar-refractivity contribution < 1.29 is 23.8 Å². The second-order valence-corrected chi connectivity index (χ2v) is 7.55. The summed E-state index contributed by atoms with van der Waals surface area (Å²) in [6.45, 7) is 4.94. The molecule has 2 aliphatic heterocycles. The topological polar surface area (TPSA) is 80.3 Å². The van der Waals surface area contributed by atoms with Crippen LogP contribution in [0.1, 0.15) is 35.7 Å². The van der Waals surface area contributed by atoms with Gasteiger partial charge in [0.2, 0.25) is 6.79 Å². The SMILES string of the molecule is CCN(Cc1ccc2c(c1)OCO2)C(=O)Nc1cc(C(=O)OC)ccc1N1CCCC1. The lowest BCUT2D eigenvalue weighted by Crippen LogP contribution is -2.35. The van der Waals surface area contributed by atoms with E-state index in [4.69, 9.17) is 14.2 Å². The fraction of sp³-hybridized carbons (Fsp3) is 0.391. The molecule has 0 saturated carbocycles. The van der Waals surface area contributed by atoms with Crippen LogP contribution >= 0.6 is 0 Å². The Balaban J connectivity index is 1.54. The van der Waals surface area contributed by atoms with Gasteiger partial charge in [-0.25, -0.2) is 9.59 Å². The lowest BCUT2D eigenvalue weighted by Gasteiger charge is -2.25. The Hall–Kier alpha value is -3.42. The fourth-order valence-corrected chi connectivity index (χ4v) is 3.90. The van der Waals surface area contributed by atoms with Gasteiger partial charge in [0.15, 0.2) is 11.5 Å². The smallest absolute Gasteiger partial charge is 0.337 e. The van der Waals surface area contributed by atoms with E-state index in [9.17, 15) is 9.59 Å². The minimum absolute atomic E-state index is 0.215. The van der Waals surface area contributed by atoms with Gasteiger partial charge in [-0.15, -0.1) is 0 Å². The Kier molecular flexibility index (Phi) is 6.16. The summed E-state index contributed by atoms with van der Waals surface area (Å²) in [5, 5.41) is 3.01. The molecule has 0 atom stereocenters. The molecule has 8 nitrogen and oxygen atoms in total. The molecule has 1 saturated heterocycles. The molecule has 0 aliphatic carbocycles. The van der Waals surface area contributed by atoms with E-state index in [1.807, 2.05) is 31.2 Å². The second kappa shape index (κ2) is 9.16. The number of nitrogens with one attached hydrogen (secondary N) is 1. The van der Waals surface area contributed by atoms with E-state index >= 15 is 0 Å². The van der Waals surface area contributed by atoms with Gasteiger partial charge in [-0.05, 0) is 55.7 Å². The van der Waals surface area contributed by atoms with Crippen molar-refractivity contribution in [2.75, 3.05) is 43.8 Å². The maximum atomic E-state index is 13.1. The molecule has 4 rings (SSSR count). The van der Waals surface area contributed by atoms with Crippen LogP contribution in [0.3, 0.4) is 0 Å². The molecule has 1 fully saturated rings. The molecule has 164 valence electrons. The Morgan fingerprint density at radius 1 is 1.10 bits per heavy atom. The van der Waals surface area contributed by atoms with E-state index in [1.165, 1.54) is 7.11 Å². The highest BCUT2D eigenvalue weighted by atomic mass is 16.7. The number of fused-ring (bicyclic) bond motifs is 1. The van der Waals surface area contributed by atoms with Crippen molar-refractivity contribution in [2.45, 2.75) is 26.3 Å². The highest BCUT2D eigenvalue weighted by molar-refractivity contribution is 5.97. The van der Waals surface area contributed by atoms with Crippen LogP contribution in [0.5, 0.6) is 11.5 Å². The number of esters is 1. The zero-order valence-corrected chi connectivity index (χ0v) is 17.8. The summed E-state index contributed by atoms with van der Waals surface area (Å²) >= 11 is 0. The standard InChI is InChI=1S/C23H27N3O5/c1-3-25(14-16-6-9-20-21(12-16)31-15-30-20)23(28)24-18-13-17(22(27)29-2)7-8-19(18)26-10-4-5-11-26/h6-9,12-13H,3-5,10-11,14-15H2,1-2H3,(H,24,28). The van der Waals surface area contributed by atoms with Crippen LogP contribution in [0.25, 0.3) is 0 Å². The van der Waals surface area contributed by atoms with Gasteiger partial charge in [0.1, 0.15) is 0 Å². The van der Waals surface area contributed by atoms with Gasteiger partial charge in [-0.2, -0.15) is 0 Å². The summed E-state index contributed by atoms with van der Waals surface area (Å²) < 4.78 is 15.6. The average molecular weight is 425 g/mol. The van der Waals surface area contributed by atoms with E-state index < -0.39 is 5.97 Å². The van der Waals surface area contributed by atoms with Gasteiger partial charge in [0.05, 0.1) is 24.0 Å². The molecule has 31 heavy (non-hydrogen) atoms. The minimum Gasteiger partial charge on any atom is -0.465 e. The Morgan fingerprint density at radius 3 is 2.61 bits per heavy atom. The highest BCUT2D eigenvalue weighted by Crippen LogP contribution is 2.33. The number of rotatable bonds is 6. The molecule has 2 heterocycles. The van der Waals surface area contributed by atoms with E-state index in [1.54, 1.807) is 17.0 Å². The van der Waals surface area contributed by atoms with Crippen molar-refractivity contribution in [3.8, 4) is 11.5 Å². The lowest BCUT2D eigenvalue weighted by molar-refractivity contribution is 0.0600. The van der Waals surface area contributed by atoms with Gasteiger partial charge in [-0.3, -0.25) is 0 Å².